The van der Waals surface area contributed by atoms with Gasteiger partial charge in [0, 0.05) is 10.4 Å². The van der Waals surface area contributed by atoms with Crippen LogP contribution in [0, 0.1) is 0 Å². The van der Waals surface area contributed by atoms with Crippen LogP contribution in [0.2, 0.25) is 0 Å². The molecule has 0 radical (unpaired) electrons. The summed E-state index contributed by atoms with van der Waals surface area (Å²) >= 11 is 0.924. The zero-order chi connectivity index (χ0) is 25.8. The second-order valence-corrected chi connectivity index (χ2v) is 8.79. The van der Waals surface area contributed by atoms with Crippen LogP contribution in [0.25, 0.3) is 0 Å². The summed E-state index contributed by atoms with van der Waals surface area (Å²) in [5.74, 6) is -3.41. The number of thiophene rings is 1. The Kier molecular flexibility index (Phi) is 7.93. The average molecular weight is 515 g/mol. The third-order valence-electron chi connectivity index (χ3n) is 5.52. The topological polar surface area (TPSA) is 103 Å². The summed E-state index contributed by atoms with van der Waals surface area (Å²) in [6, 6.07) is 5.30. The Bertz CT molecular complexity index is 1100. The summed E-state index contributed by atoms with van der Waals surface area (Å²) in [6.07, 6.45) is -2.73. The van der Waals surface area contributed by atoms with E-state index in [2.05, 4.69) is 5.32 Å². The smallest absolute Gasteiger partial charge is 0.441 e. The van der Waals surface area contributed by atoms with Crippen LogP contribution in [-0.4, -0.2) is 50.5 Å². The van der Waals surface area contributed by atoms with E-state index in [9.17, 15) is 27.6 Å². The molecule has 0 aliphatic heterocycles. The van der Waals surface area contributed by atoms with Crippen molar-refractivity contribution in [2.24, 2.45) is 0 Å². The number of alkyl halides is 3. The highest BCUT2D eigenvalue weighted by Gasteiger charge is 2.64. The van der Waals surface area contributed by atoms with Crippen LogP contribution in [0.3, 0.4) is 0 Å². The van der Waals surface area contributed by atoms with E-state index in [4.69, 9.17) is 14.2 Å². The molecule has 1 aromatic carbocycles. The lowest BCUT2D eigenvalue weighted by Crippen LogP contribution is -2.69. The SMILES string of the molecule is CCOC(=O)C(NC(=O)c1ccc(OC)cc1)(Nc1sc2c(c1C(=O)OC)CCCC2)C(F)(F)F. The number of aryl methyl sites for hydroxylation is 1. The van der Waals surface area contributed by atoms with E-state index in [1.165, 1.54) is 38.3 Å². The second-order valence-electron chi connectivity index (χ2n) is 7.68. The molecule has 0 saturated carbocycles. The molecule has 1 heterocycles. The van der Waals surface area contributed by atoms with Gasteiger partial charge in [-0.1, -0.05) is 0 Å². The third-order valence-corrected chi connectivity index (χ3v) is 6.73. The molecule has 1 aliphatic rings. The summed E-state index contributed by atoms with van der Waals surface area (Å²) in [6.45, 7) is 0.968. The minimum absolute atomic E-state index is 0.0798. The maximum absolute atomic E-state index is 14.6. The fourth-order valence-electron chi connectivity index (χ4n) is 3.76. The monoisotopic (exact) mass is 514 g/mol. The molecule has 1 unspecified atom stereocenters. The summed E-state index contributed by atoms with van der Waals surface area (Å²) in [7, 11) is 2.51. The van der Waals surface area contributed by atoms with E-state index in [1.807, 2.05) is 0 Å². The first kappa shape index (κ1) is 26.3. The van der Waals surface area contributed by atoms with Crippen molar-refractivity contribution < 1.29 is 41.8 Å². The standard InChI is InChI=1S/C23H25F3N2O6S/c1-4-34-21(31)22(23(24,25)26,27-18(29)13-9-11-14(32-2)12-10-13)28-19-17(20(30)33-3)15-7-5-6-8-16(15)35-19/h9-12,28H,4-8H2,1-3H3,(H,27,29). The van der Waals surface area contributed by atoms with E-state index in [-0.39, 0.29) is 22.7 Å². The Morgan fingerprint density at radius 2 is 1.71 bits per heavy atom. The van der Waals surface area contributed by atoms with Gasteiger partial charge >= 0.3 is 23.8 Å². The minimum Gasteiger partial charge on any atom is -0.497 e. The Balaban J connectivity index is 2.11. The molecule has 3 rings (SSSR count). The van der Waals surface area contributed by atoms with Crippen molar-refractivity contribution >= 4 is 34.2 Å². The van der Waals surface area contributed by atoms with Crippen LogP contribution in [0.4, 0.5) is 18.2 Å². The van der Waals surface area contributed by atoms with Crippen LogP contribution in [0.5, 0.6) is 5.75 Å². The van der Waals surface area contributed by atoms with Crippen molar-refractivity contribution in [1.29, 1.82) is 0 Å². The highest BCUT2D eigenvalue weighted by molar-refractivity contribution is 7.16. The number of anilines is 1. The summed E-state index contributed by atoms with van der Waals surface area (Å²) < 4.78 is 58.4. The van der Waals surface area contributed by atoms with Crippen molar-refractivity contribution in [1.82, 2.24) is 5.32 Å². The first-order valence-electron chi connectivity index (χ1n) is 10.8. The van der Waals surface area contributed by atoms with Gasteiger partial charge in [-0.3, -0.25) is 4.79 Å². The molecule has 8 nitrogen and oxygen atoms in total. The predicted octanol–water partition coefficient (Wildman–Crippen LogP) is 4.09. The Morgan fingerprint density at radius 3 is 2.29 bits per heavy atom. The van der Waals surface area contributed by atoms with Gasteiger partial charge < -0.3 is 24.8 Å². The van der Waals surface area contributed by atoms with Crippen molar-refractivity contribution in [3.8, 4) is 5.75 Å². The molecular formula is C23H25F3N2O6S. The number of esters is 2. The molecule has 2 N–H and O–H groups in total. The molecule has 1 atom stereocenters. The van der Waals surface area contributed by atoms with Gasteiger partial charge in [0.2, 0.25) is 0 Å². The normalized spacial score (nSPS) is 14.8. The Labute approximate surface area is 203 Å². The van der Waals surface area contributed by atoms with Crippen LogP contribution < -0.4 is 15.4 Å². The van der Waals surface area contributed by atoms with Gasteiger partial charge in [-0.2, -0.15) is 13.2 Å². The molecule has 2 aromatic rings. The van der Waals surface area contributed by atoms with Gasteiger partial charge in [-0.25, -0.2) is 9.59 Å². The van der Waals surface area contributed by atoms with Gasteiger partial charge in [-0.15, -0.1) is 11.3 Å². The molecular weight excluding hydrogens is 489 g/mol. The highest BCUT2D eigenvalue weighted by Crippen LogP contribution is 2.42. The molecule has 190 valence electrons. The quantitative estimate of drug-likeness (QED) is 0.404. The maximum Gasteiger partial charge on any atom is 0.441 e. The van der Waals surface area contributed by atoms with Gasteiger partial charge in [0.25, 0.3) is 5.91 Å². The number of methoxy groups -OCH3 is 2. The van der Waals surface area contributed by atoms with E-state index in [1.54, 1.807) is 5.32 Å². The molecule has 12 heteroatoms. The fourth-order valence-corrected chi connectivity index (χ4v) is 5.09. The van der Waals surface area contributed by atoms with E-state index >= 15 is 0 Å². The van der Waals surface area contributed by atoms with Gasteiger partial charge in [-0.05, 0) is 62.4 Å². The minimum atomic E-state index is -5.35. The lowest BCUT2D eigenvalue weighted by Gasteiger charge is -2.35. The molecule has 35 heavy (non-hydrogen) atoms. The van der Waals surface area contributed by atoms with Crippen LogP contribution in [0.1, 0.15) is 50.9 Å². The van der Waals surface area contributed by atoms with Gasteiger partial charge in [0.15, 0.2) is 0 Å². The number of rotatable bonds is 8. The van der Waals surface area contributed by atoms with Crippen molar-refractivity contribution in [3.05, 3.63) is 45.8 Å². The first-order chi connectivity index (χ1) is 16.6. The number of halogens is 3. The molecule has 1 amide bonds. The molecule has 0 bridgehead atoms. The van der Waals surface area contributed by atoms with Crippen molar-refractivity contribution in [2.45, 2.75) is 44.4 Å². The molecule has 0 spiro atoms. The third kappa shape index (κ3) is 5.21. The lowest BCUT2D eigenvalue weighted by atomic mass is 9.95. The Hall–Kier alpha value is -3.28. The first-order valence-corrected chi connectivity index (χ1v) is 11.6. The van der Waals surface area contributed by atoms with E-state index in [0.29, 0.717) is 24.2 Å². The van der Waals surface area contributed by atoms with Crippen molar-refractivity contribution in [2.75, 3.05) is 26.1 Å². The van der Waals surface area contributed by atoms with Crippen LogP contribution in [0.15, 0.2) is 24.3 Å². The maximum atomic E-state index is 14.6. The summed E-state index contributed by atoms with van der Waals surface area (Å²) in [5, 5.41) is 3.70. The van der Waals surface area contributed by atoms with Crippen LogP contribution in [-0.2, 0) is 27.1 Å². The number of fused-ring (bicyclic) bond motifs is 1. The van der Waals surface area contributed by atoms with E-state index < -0.39 is 29.7 Å². The number of carbonyl (C=O) groups excluding carboxylic acids is 3. The largest absolute Gasteiger partial charge is 0.497 e. The summed E-state index contributed by atoms with van der Waals surface area (Å²) in [4.78, 5) is 39.0. The van der Waals surface area contributed by atoms with Crippen LogP contribution >= 0.6 is 11.3 Å². The Morgan fingerprint density at radius 1 is 1.06 bits per heavy atom. The number of hydrogen-bond acceptors (Lipinski definition) is 8. The molecule has 1 aliphatic carbocycles. The summed E-state index contributed by atoms with van der Waals surface area (Å²) in [5.41, 5.74) is -3.32. The molecule has 1 aromatic heterocycles. The highest BCUT2D eigenvalue weighted by atomic mass is 32.1. The van der Waals surface area contributed by atoms with E-state index in [0.717, 1.165) is 36.2 Å². The number of amides is 1. The average Bonchev–Trinajstić information content (AvgIpc) is 3.20. The lowest BCUT2D eigenvalue weighted by molar-refractivity contribution is -0.204. The second kappa shape index (κ2) is 10.5. The van der Waals surface area contributed by atoms with Gasteiger partial charge in [0.05, 0.1) is 26.4 Å². The predicted molar refractivity (Wildman–Crippen MR) is 122 cm³/mol. The number of nitrogens with one attached hydrogen (secondary N) is 2. The fraction of sp³-hybridized carbons (Fsp3) is 0.435. The molecule has 0 fully saturated rings. The number of ether oxygens (including phenoxy) is 3. The zero-order valence-electron chi connectivity index (χ0n) is 19.3. The zero-order valence-corrected chi connectivity index (χ0v) is 20.2. The van der Waals surface area contributed by atoms with Crippen molar-refractivity contribution in [3.63, 3.8) is 0 Å². The number of benzene rings is 1. The van der Waals surface area contributed by atoms with Gasteiger partial charge in [0.1, 0.15) is 10.8 Å². The number of hydrogen-bond donors (Lipinski definition) is 2. The molecule has 0 saturated heterocycles. The number of carbonyl (C=O) groups is 3.